The average molecular weight is 460 g/mol. The molecule has 0 saturated heterocycles. The molecule has 3 rings (SSSR count). The number of aliphatic carboxylic acids is 1. The van der Waals surface area contributed by atoms with Gasteiger partial charge < -0.3 is 14.7 Å². The van der Waals surface area contributed by atoms with Gasteiger partial charge in [-0.3, -0.25) is 15.0 Å². The molecule has 1 atom stereocenters. The first-order valence-corrected chi connectivity index (χ1v) is 9.98. The van der Waals surface area contributed by atoms with Gasteiger partial charge in [-0.05, 0) is 48.2 Å². The summed E-state index contributed by atoms with van der Waals surface area (Å²) >= 11 is 6.11. The molecular weight excluding hydrogens is 438 g/mol. The first-order chi connectivity index (χ1) is 15.0. The Morgan fingerprint density at radius 1 is 1.19 bits per heavy atom. The van der Waals surface area contributed by atoms with Crippen LogP contribution in [-0.2, 0) is 11.3 Å². The van der Waals surface area contributed by atoms with E-state index in [-0.39, 0.29) is 12.3 Å². The van der Waals surface area contributed by atoms with Gasteiger partial charge in [0.25, 0.3) is 5.56 Å². The highest BCUT2D eigenvalue weighted by Crippen LogP contribution is 2.27. The third kappa shape index (κ3) is 5.64. The number of H-pyrrole nitrogens is 1. The average Bonchev–Trinajstić information content (AvgIpc) is 3.16. The van der Waals surface area contributed by atoms with Crippen molar-refractivity contribution in [2.24, 2.45) is 0 Å². The van der Waals surface area contributed by atoms with E-state index in [4.69, 9.17) is 16.1 Å². The maximum Gasteiger partial charge on any atom is 0.336 e. The van der Waals surface area contributed by atoms with Gasteiger partial charge in [-0.15, -0.1) is 0 Å². The maximum atomic E-state index is 12.4. The summed E-state index contributed by atoms with van der Waals surface area (Å²) in [6.07, 6.45) is 0. The van der Waals surface area contributed by atoms with Crippen molar-refractivity contribution in [3.8, 4) is 11.1 Å². The number of hydrazine groups is 1. The number of hydrogen-bond donors (Lipinski definition) is 4. The molecule has 32 heavy (non-hydrogen) atoms. The predicted molar refractivity (Wildman–Crippen MR) is 117 cm³/mol. The van der Waals surface area contributed by atoms with E-state index in [0.29, 0.717) is 5.02 Å². The van der Waals surface area contributed by atoms with Crippen LogP contribution < -0.4 is 11.0 Å². The van der Waals surface area contributed by atoms with Gasteiger partial charge in [0.2, 0.25) is 5.76 Å². The van der Waals surface area contributed by atoms with Crippen LogP contribution in [0.5, 0.6) is 0 Å². The number of carbonyl (C=O) groups excluding carboxylic acids is 1. The van der Waals surface area contributed by atoms with Crippen LogP contribution >= 0.6 is 11.6 Å². The lowest BCUT2D eigenvalue weighted by Gasteiger charge is -2.28. The molecule has 2 aromatic carbocycles. The van der Waals surface area contributed by atoms with Crippen LogP contribution in [0.1, 0.15) is 28.6 Å². The molecule has 0 aliphatic carbocycles. The summed E-state index contributed by atoms with van der Waals surface area (Å²) in [6, 6.07) is 14.0. The molecule has 0 spiro atoms. The molecule has 0 saturated carbocycles. The van der Waals surface area contributed by atoms with Crippen LogP contribution in [-0.4, -0.2) is 44.4 Å². The van der Waals surface area contributed by atoms with E-state index in [1.54, 1.807) is 0 Å². The van der Waals surface area contributed by atoms with E-state index >= 15 is 0 Å². The number of rotatable bonds is 8. The van der Waals surface area contributed by atoms with Crippen LogP contribution in [0.15, 0.2) is 57.8 Å². The summed E-state index contributed by atoms with van der Waals surface area (Å²) in [4.78, 5) is 35.0. The predicted octanol–water partition coefficient (Wildman–Crippen LogP) is 2.58. The van der Waals surface area contributed by atoms with E-state index in [0.717, 1.165) is 35.2 Å². The maximum absolute atomic E-state index is 12.4. The summed E-state index contributed by atoms with van der Waals surface area (Å²) in [5, 5.41) is 23.3. The van der Waals surface area contributed by atoms with E-state index in [2.05, 4.69) is 5.43 Å². The van der Waals surface area contributed by atoms with Crippen molar-refractivity contribution in [1.82, 2.24) is 15.6 Å². The van der Waals surface area contributed by atoms with Gasteiger partial charge in [0, 0.05) is 11.6 Å². The van der Waals surface area contributed by atoms with E-state index in [1.165, 1.54) is 5.01 Å². The summed E-state index contributed by atoms with van der Waals surface area (Å²) in [7, 11) is 0. The van der Waals surface area contributed by atoms with Gasteiger partial charge in [0.1, 0.15) is 0 Å². The number of aromatic nitrogens is 1. The van der Waals surface area contributed by atoms with Crippen molar-refractivity contribution in [3.63, 3.8) is 0 Å². The number of carboxylic acid groups (broad SMARTS) is 1. The number of aryl methyl sites for hydroxylation is 1. The molecule has 4 N–H and O–H groups in total. The molecule has 168 valence electrons. The number of hydrogen-bond acceptors (Lipinski definition) is 6. The zero-order chi connectivity index (χ0) is 23.5. The largest absolute Gasteiger partial charge is 0.479 e. The minimum Gasteiger partial charge on any atom is -0.479 e. The number of amides is 1. The first kappa shape index (κ1) is 23.3. The molecule has 10 heteroatoms. The fourth-order valence-corrected chi connectivity index (χ4v) is 3.26. The van der Waals surface area contributed by atoms with Crippen LogP contribution in [0, 0.1) is 6.92 Å². The Kier molecular flexibility index (Phi) is 6.83. The lowest BCUT2D eigenvalue weighted by Crippen LogP contribution is -2.52. The van der Waals surface area contributed by atoms with Crippen LogP contribution in [0.3, 0.4) is 0 Å². The van der Waals surface area contributed by atoms with Crippen molar-refractivity contribution in [1.29, 1.82) is 0 Å². The summed E-state index contributed by atoms with van der Waals surface area (Å²) < 4.78 is 4.77. The number of nitrogens with zero attached hydrogens (tertiary/aromatic N) is 1. The second-order valence-electron chi connectivity index (χ2n) is 7.61. The fourth-order valence-electron chi connectivity index (χ4n) is 3.08. The molecule has 3 aromatic rings. The van der Waals surface area contributed by atoms with Crippen molar-refractivity contribution >= 4 is 23.5 Å². The highest BCUT2D eigenvalue weighted by atomic mass is 35.5. The molecule has 0 aliphatic heterocycles. The highest BCUT2D eigenvalue weighted by molar-refractivity contribution is 6.30. The second-order valence-corrected chi connectivity index (χ2v) is 8.05. The van der Waals surface area contributed by atoms with Crippen molar-refractivity contribution in [3.05, 3.63) is 80.8 Å². The number of aliphatic hydroxyl groups is 1. The van der Waals surface area contributed by atoms with Gasteiger partial charge in [0.05, 0.1) is 12.6 Å². The van der Waals surface area contributed by atoms with Crippen LogP contribution in [0.2, 0.25) is 5.02 Å². The zero-order valence-corrected chi connectivity index (χ0v) is 18.1. The molecule has 0 radical (unpaired) electrons. The van der Waals surface area contributed by atoms with E-state index < -0.39 is 29.6 Å². The molecule has 1 aromatic heterocycles. The highest BCUT2D eigenvalue weighted by Gasteiger charge is 2.33. The van der Waals surface area contributed by atoms with Crippen molar-refractivity contribution in [2.45, 2.75) is 26.0 Å². The lowest BCUT2D eigenvalue weighted by molar-refractivity contribution is -0.159. The number of carboxylic acids is 1. The Hall–Kier alpha value is -3.40. The molecule has 1 amide bonds. The quantitative estimate of drug-likeness (QED) is 0.380. The summed E-state index contributed by atoms with van der Waals surface area (Å²) in [5.41, 5.74) is 3.46. The number of carbonyl (C=O) groups is 2. The Morgan fingerprint density at radius 2 is 1.88 bits per heavy atom. The SMILES string of the molecule is Cc1ccc(Cl)cc1-c1ccc(CN(C[C@@](C)(O)C(=O)O)NC(=O)c2cc(=O)[nH]o2)cc1. The number of halogens is 1. The summed E-state index contributed by atoms with van der Waals surface area (Å²) in [5.74, 6) is -2.49. The van der Waals surface area contributed by atoms with Gasteiger partial charge in [-0.1, -0.05) is 41.9 Å². The number of aromatic amines is 1. The standard InChI is InChI=1S/C22H22ClN3O6/c1-13-3-8-16(23)9-17(13)15-6-4-14(5-7-15)11-26(12-22(2,31)21(29)30)24-20(28)18-10-19(27)25-32-18/h3-10,31H,11-12H2,1-2H3,(H,24,28)(H,25,27)(H,29,30)/t22-/m1/s1. The lowest BCUT2D eigenvalue weighted by atomic mass is 9.99. The van der Waals surface area contributed by atoms with Crippen molar-refractivity contribution < 1.29 is 24.3 Å². The zero-order valence-electron chi connectivity index (χ0n) is 17.4. The van der Waals surface area contributed by atoms with Gasteiger partial charge in [-0.2, -0.15) is 5.16 Å². The molecule has 0 fully saturated rings. The first-order valence-electron chi connectivity index (χ1n) is 9.61. The van der Waals surface area contributed by atoms with Crippen molar-refractivity contribution in [2.75, 3.05) is 6.54 Å². The third-order valence-electron chi connectivity index (χ3n) is 4.80. The second kappa shape index (κ2) is 9.39. The van der Waals surface area contributed by atoms with Crippen LogP contribution in [0.4, 0.5) is 0 Å². The minimum absolute atomic E-state index is 0.0820. The van der Waals surface area contributed by atoms with E-state index in [9.17, 15) is 24.6 Å². The minimum atomic E-state index is -2.13. The van der Waals surface area contributed by atoms with Crippen LogP contribution in [0.25, 0.3) is 11.1 Å². The third-order valence-corrected chi connectivity index (χ3v) is 5.04. The number of nitrogens with one attached hydrogen (secondary N) is 2. The molecular formula is C22H22ClN3O6. The fraction of sp³-hybridized carbons (Fsp3) is 0.227. The van der Waals surface area contributed by atoms with Gasteiger partial charge in [0.15, 0.2) is 5.60 Å². The Balaban J connectivity index is 1.81. The van der Waals surface area contributed by atoms with Gasteiger partial charge >= 0.3 is 11.9 Å². The summed E-state index contributed by atoms with van der Waals surface area (Å²) in [6.45, 7) is 2.76. The monoisotopic (exact) mass is 459 g/mol. The Bertz CT molecular complexity index is 1180. The molecule has 9 nitrogen and oxygen atoms in total. The molecule has 0 unspecified atom stereocenters. The Morgan fingerprint density at radius 3 is 2.47 bits per heavy atom. The number of benzene rings is 2. The topological polar surface area (TPSA) is 136 Å². The molecule has 1 heterocycles. The molecule has 0 bridgehead atoms. The van der Waals surface area contributed by atoms with E-state index in [1.807, 2.05) is 54.5 Å². The normalized spacial score (nSPS) is 13.0. The molecule has 0 aliphatic rings. The Labute approximate surface area is 188 Å². The van der Waals surface area contributed by atoms with Gasteiger partial charge in [-0.25, -0.2) is 9.80 Å². The smallest absolute Gasteiger partial charge is 0.336 e.